The first-order valence-electron chi connectivity index (χ1n) is 15.4. The molecule has 0 spiro atoms. The highest BCUT2D eigenvalue weighted by molar-refractivity contribution is 7.80. The van der Waals surface area contributed by atoms with E-state index in [4.69, 9.17) is 37.2 Å². The second-order valence-electron chi connectivity index (χ2n) is 11.2. The number of carbonyl (C=O) groups excluding carboxylic acids is 1. The van der Waals surface area contributed by atoms with E-state index in [2.05, 4.69) is 5.32 Å². The minimum absolute atomic E-state index is 0.135. The smallest absolute Gasteiger partial charge is 0.251 e. The summed E-state index contributed by atoms with van der Waals surface area (Å²) < 4.78 is 27.6. The third-order valence-corrected chi connectivity index (χ3v) is 9.64. The summed E-state index contributed by atoms with van der Waals surface area (Å²) in [5, 5.41) is 10.7. The quantitative estimate of drug-likeness (QED) is 0.154. The van der Waals surface area contributed by atoms with Gasteiger partial charge in [0.15, 0.2) is 0 Å². The Labute approximate surface area is 292 Å². The van der Waals surface area contributed by atoms with E-state index >= 15 is 0 Å². The van der Waals surface area contributed by atoms with Gasteiger partial charge in [-0.2, -0.15) is 5.10 Å². The third-order valence-electron chi connectivity index (χ3n) is 8.16. The summed E-state index contributed by atoms with van der Waals surface area (Å²) in [6.07, 6.45) is 0. The molecule has 2 unspecified atom stereocenters. The zero-order valence-corrected chi connectivity index (χ0v) is 29.1. The van der Waals surface area contributed by atoms with Crippen molar-refractivity contribution in [2.24, 2.45) is 0 Å². The molecule has 6 rings (SSSR count). The summed E-state index contributed by atoms with van der Waals surface area (Å²) in [6.45, 7) is 6.45. The topological polar surface area (TPSA) is 82.5 Å². The number of rotatable bonds is 10. The van der Waals surface area contributed by atoms with Crippen LogP contribution in [0.5, 0.6) is 11.5 Å². The maximum absolute atomic E-state index is 14.1. The number of nitrogens with one attached hydrogen (secondary N) is 1. The molecule has 0 bridgehead atoms. The number of carbonyl (C=O) groups is 1. The Kier molecular flexibility index (Phi) is 9.87. The fourth-order valence-electron chi connectivity index (χ4n) is 5.79. The molecule has 1 heterocycles. The highest BCUT2D eigenvalue weighted by Gasteiger charge is 2.28. The summed E-state index contributed by atoms with van der Waals surface area (Å²) in [5.74, 6) is 1.05. The van der Waals surface area contributed by atoms with Crippen LogP contribution in [-0.4, -0.2) is 33.6 Å². The molecule has 7 nitrogen and oxygen atoms in total. The molecule has 244 valence electrons. The number of aromatic nitrogens is 2. The molecule has 0 aliphatic heterocycles. The Morgan fingerprint density at radius 3 is 2.29 bits per heavy atom. The average molecular weight is 699 g/mol. The van der Waals surface area contributed by atoms with E-state index in [1.54, 1.807) is 25.3 Å². The fraction of sp³-hybridized carbons (Fsp3) is 0.158. The van der Waals surface area contributed by atoms with Gasteiger partial charge in [0.1, 0.15) is 11.5 Å². The van der Waals surface area contributed by atoms with Crippen molar-refractivity contribution in [3.05, 3.63) is 130 Å². The van der Waals surface area contributed by atoms with Gasteiger partial charge >= 0.3 is 0 Å². The number of methoxy groups -OCH3 is 1. The van der Waals surface area contributed by atoms with Crippen molar-refractivity contribution in [3.63, 3.8) is 0 Å². The minimum atomic E-state index is -1.90. The SMILES string of the molecule is CCNC(=O)c1ccc(C(C)n2nc(-c3cc(Cl)cc(Cl)c3)c(C)c2-c2c(S(=O)Oc3ccccc3)ccc3cc(OC)ccc23)cc1. The molecule has 0 saturated carbocycles. The van der Waals surface area contributed by atoms with Crippen LogP contribution >= 0.6 is 23.2 Å². The van der Waals surface area contributed by atoms with Gasteiger partial charge in [-0.25, -0.2) is 4.21 Å². The molecule has 1 aromatic heterocycles. The van der Waals surface area contributed by atoms with Crippen molar-refractivity contribution in [1.29, 1.82) is 0 Å². The van der Waals surface area contributed by atoms with Crippen LogP contribution in [0.3, 0.4) is 0 Å². The lowest BCUT2D eigenvalue weighted by Gasteiger charge is -2.20. The number of fused-ring (bicyclic) bond motifs is 1. The second-order valence-corrected chi connectivity index (χ2v) is 13.2. The van der Waals surface area contributed by atoms with Crippen LogP contribution in [0.2, 0.25) is 10.0 Å². The molecule has 5 aromatic carbocycles. The number of amides is 1. The third kappa shape index (κ3) is 6.69. The second kappa shape index (κ2) is 14.2. The van der Waals surface area contributed by atoms with Gasteiger partial charge in [-0.05, 0) is 104 Å². The van der Waals surface area contributed by atoms with Crippen molar-refractivity contribution in [3.8, 4) is 34.0 Å². The highest BCUT2D eigenvalue weighted by Crippen LogP contribution is 2.43. The first-order valence-corrected chi connectivity index (χ1v) is 17.2. The van der Waals surface area contributed by atoms with E-state index < -0.39 is 11.1 Å². The molecule has 10 heteroatoms. The van der Waals surface area contributed by atoms with Gasteiger partial charge in [0.05, 0.1) is 29.4 Å². The lowest BCUT2D eigenvalue weighted by atomic mass is 9.96. The molecule has 0 fully saturated rings. The molecule has 0 saturated heterocycles. The predicted molar refractivity (Wildman–Crippen MR) is 194 cm³/mol. The Morgan fingerprint density at radius 2 is 1.62 bits per heavy atom. The predicted octanol–water partition coefficient (Wildman–Crippen LogP) is 9.45. The van der Waals surface area contributed by atoms with E-state index in [-0.39, 0.29) is 11.9 Å². The molecular formula is C38H33Cl2N3O4S. The normalized spacial score (nSPS) is 12.5. The molecule has 0 aliphatic rings. The molecule has 48 heavy (non-hydrogen) atoms. The van der Waals surface area contributed by atoms with Gasteiger partial charge in [0.2, 0.25) is 11.1 Å². The molecule has 2 atom stereocenters. The lowest BCUT2D eigenvalue weighted by molar-refractivity contribution is 0.0955. The van der Waals surface area contributed by atoms with Gasteiger partial charge in [0.25, 0.3) is 5.91 Å². The zero-order valence-electron chi connectivity index (χ0n) is 26.8. The van der Waals surface area contributed by atoms with Gasteiger partial charge < -0.3 is 14.2 Å². The van der Waals surface area contributed by atoms with Gasteiger partial charge in [-0.15, -0.1) is 0 Å². The molecule has 1 amide bonds. The number of nitrogens with zero attached hydrogens (tertiary/aromatic N) is 2. The molecule has 1 N–H and O–H groups in total. The number of ether oxygens (including phenoxy) is 1. The molecule has 6 aromatic rings. The maximum Gasteiger partial charge on any atom is 0.251 e. The fourth-order valence-corrected chi connectivity index (χ4v) is 7.24. The van der Waals surface area contributed by atoms with Gasteiger partial charge in [-0.3, -0.25) is 9.48 Å². The van der Waals surface area contributed by atoms with Gasteiger partial charge in [0, 0.05) is 38.8 Å². The van der Waals surface area contributed by atoms with Crippen molar-refractivity contribution < 1.29 is 17.9 Å². The van der Waals surface area contributed by atoms with Crippen LogP contribution in [0.4, 0.5) is 0 Å². The van der Waals surface area contributed by atoms with Crippen LogP contribution in [0.25, 0.3) is 33.3 Å². The summed E-state index contributed by atoms with van der Waals surface area (Å²) >= 11 is 11.0. The number of hydrogen-bond donors (Lipinski definition) is 1. The van der Waals surface area contributed by atoms with Crippen molar-refractivity contribution in [2.45, 2.75) is 31.7 Å². The molecular weight excluding hydrogens is 665 g/mol. The zero-order chi connectivity index (χ0) is 33.9. The van der Waals surface area contributed by atoms with E-state index in [9.17, 15) is 9.00 Å². The Balaban J connectivity index is 1.61. The van der Waals surface area contributed by atoms with E-state index in [1.807, 2.05) is 110 Å². The minimum Gasteiger partial charge on any atom is -0.497 e. The van der Waals surface area contributed by atoms with E-state index in [0.717, 1.165) is 33.2 Å². The van der Waals surface area contributed by atoms with Crippen LogP contribution < -0.4 is 14.2 Å². The standard InChI is InChI=1S/C38H33Cl2N3O4S/c1-5-41-38(44)26-13-11-25(12-14-26)24(3)43-37(23(2)36(42-43)28-19-29(39)22-30(40)20-28)35-33-17-16-32(46-4)21-27(33)15-18-34(35)48(45)47-31-9-7-6-8-10-31/h6-22,24H,5H2,1-4H3,(H,41,44). The molecule has 0 aliphatic carbocycles. The molecule has 0 radical (unpaired) electrons. The summed E-state index contributed by atoms with van der Waals surface area (Å²) in [7, 11) is 1.62. The van der Waals surface area contributed by atoms with Crippen LogP contribution in [0, 0.1) is 6.92 Å². The maximum atomic E-state index is 14.1. The highest BCUT2D eigenvalue weighted by atomic mass is 35.5. The average Bonchev–Trinajstić information content (AvgIpc) is 3.43. The van der Waals surface area contributed by atoms with Gasteiger partial charge in [-0.1, -0.05) is 59.6 Å². The number of hydrogen-bond acceptors (Lipinski definition) is 5. The van der Waals surface area contributed by atoms with Crippen molar-refractivity contribution in [2.75, 3.05) is 13.7 Å². The largest absolute Gasteiger partial charge is 0.497 e. The van der Waals surface area contributed by atoms with E-state index in [0.29, 0.717) is 49.8 Å². The first-order chi connectivity index (χ1) is 23.2. The lowest BCUT2D eigenvalue weighted by Crippen LogP contribution is -2.22. The Morgan fingerprint density at radius 1 is 0.917 bits per heavy atom. The van der Waals surface area contributed by atoms with Crippen LogP contribution in [-0.2, 0) is 11.1 Å². The first kappa shape index (κ1) is 33.3. The van der Waals surface area contributed by atoms with E-state index in [1.165, 1.54) is 0 Å². The summed E-state index contributed by atoms with van der Waals surface area (Å²) in [6, 6.07) is 31.1. The Bertz CT molecular complexity index is 2130. The summed E-state index contributed by atoms with van der Waals surface area (Å²) in [4.78, 5) is 13.0. The van der Waals surface area contributed by atoms with Crippen molar-refractivity contribution >= 4 is 51.0 Å². The van der Waals surface area contributed by atoms with Crippen LogP contribution in [0.15, 0.2) is 108 Å². The Hall–Kier alpha value is -4.63. The number of benzene rings is 5. The number of para-hydroxylation sites is 1. The van der Waals surface area contributed by atoms with Crippen LogP contribution in [0.1, 0.15) is 41.4 Å². The number of halogens is 2. The monoisotopic (exact) mass is 697 g/mol. The summed E-state index contributed by atoms with van der Waals surface area (Å²) in [5.41, 5.74) is 5.20. The van der Waals surface area contributed by atoms with Crippen molar-refractivity contribution in [1.82, 2.24) is 15.1 Å².